The van der Waals surface area contributed by atoms with Crippen molar-refractivity contribution in [3.05, 3.63) is 0 Å². The normalized spacial score (nSPS) is 29.1. The van der Waals surface area contributed by atoms with Crippen molar-refractivity contribution in [2.24, 2.45) is 5.92 Å². The average Bonchev–Trinajstić information content (AvgIpc) is 3.14. The van der Waals surface area contributed by atoms with Crippen LogP contribution in [0.25, 0.3) is 0 Å². The number of amides is 2. The Balaban J connectivity index is 1.60. The summed E-state index contributed by atoms with van der Waals surface area (Å²) >= 11 is 0. The number of piperazine rings is 1. The van der Waals surface area contributed by atoms with Crippen LogP contribution in [0.5, 0.6) is 0 Å². The molecule has 1 saturated heterocycles. The van der Waals surface area contributed by atoms with E-state index in [0.717, 1.165) is 38.2 Å². The number of carbonyl (C=O) groups is 2. The summed E-state index contributed by atoms with van der Waals surface area (Å²) in [6, 6.07) is -0.377. The maximum absolute atomic E-state index is 12.7. The minimum Gasteiger partial charge on any atom is -0.379 e. The third-order valence-electron chi connectivity index (χ3n) is 4.86. The smallest absolute Gasteiger partial charge is 0.249 e. The summed E-state index contributed by atoms with van der Waals surface area (Å²) in [7, 11) is 0. The first kappa shape index (κ1) is 13.9. The van der Waals surface area contributed by atoms with Gasteiger partial charge in [-0.3, -0.25) is 9.59 Å². The molecule has 3 aliphatic rings. The molecule has 112 valence electrons. The molecule has 1 aliphatic heterocycles. The van der Waals surface area contributed by atoms with Gasteiger partial charge >= 0.3 is 0 Å². The molecule has 5 nitrogen and oxygen atoms in total. The van der Waals surface area contributed by atoms with Crippen molar-refractivity contribution in [1.82, 2.24) is 10.2 Å². The fraction of sp³-hybridized carbons (Fsp3) is 0.867. The van der Waals surface area contributed by atoms with E-state index in [1.807, 2.05) is 0 Å². The zero-order valence-corrected chi connectivity index (χ0v) is 12.2. The molecular weight excluding hydrogens is 256 g/mol. The van der Waals surface area contributed by atoms with Crippen LogP contribution < -0.4 is 5.32 Å². The summed E-state index contributed by atoms with van der Waals surface area (Å²) in [5.74, 6) is 0.805. The summed E-state index contributed by atoms with van der Waals surface area (Å²) < 4.78 is 5.62. The van der Waals surface area contributed by atoms with E-state index in [1.54, 1.807) is 11.8 Å². The van der Waals surface area contributed by atoms with Gasteiger partial charge in [0.05, 0.1) is 6.61 Å². The maximum atomic E-state index is 12.7. The molecule has 1 unspecified atom stereocenters. The van der Waals surface area contributed by atoms with Gasteiger partial charge in [-0.15, -0.1) is 0 Å². The van der Waals surface area contributed by atoms with E-state index in [4.69, 9.17) is 4.74 Å². The average molecular weight is 280 g/mol. The minimum atomic E-state index is -0.611. The van der Waals surface area contributed by atoms with Crippen molar-refractivity contribution < 1.29 is 14.3 Å². The molecule has 3 rings (SSSR count). The van der Waals surface area contributed by atoms with Crippen LogP contribution in [0.2, 0.25) is 0 Å². The highest BCUT2D eigenvalue weighted by Gasteiger charge is 2.50. The van der Waals surface area contributed by atoms with Crippen molar-refractivity contribution in [1.29, 1.82) is 0 Å². The molecule has 5 heteroatoms. The van der Waals surface area contributed by atoms with E-state index in [9.17, 15) is 9.59 Å². The number of ether oxygens (including phenoxy) is 1. The summed E-state index contributed by atoms with van der Waals surface area (Å²) in [5.41, 5.74) is -0.611. The second kappa shape index (κ2) is 5.35. The Morgan fingerprint density at radius 2 is 2.00 bits per heavy atom. The van der Waals surface area contributed by atoms with Crippen LogP contribution >= 0.6 is 0 Å². The van der Waals surface area contributed by atoms with Crippen LogP contribution in [0.15, 0.2) is 0 Å². The first-order valence-electron chi connectivity index (χ1n) is 7.83. The van der Waals surface area contributed by atoms with Gasteiger partial charge in [-0.2, -0.15) is 0 Å². The lowest BCUT2D eigenvalue weighted by molar-refractivity contribution is -0.155. The zero-order chi connectivity index (χ0) is 14.2. The van der Waals surface area contributed by atoms with Crippen molar-refractivity contribution in [3.8, 4) is 0 Å². The molecule has 0 bridgehead atoms. The van der Waals surface area contributed by atoms with E-state index in [1.165, 1.54) is 12.8 Å². The quantitative estimate of drug-likeness (QED) is 0.766. The number of hydrogen-bond donors (Lipinski definition) is 1. The SMILES string of the molecule is CC1C(=O)NC2(CCCC2)C(=O)N1CCOCC1CC1. The Hall–Kier alpha value is -1.10. The summed E-state index contributed by atoms with van der Waals surface area (Å²) in [6.45, 7) is 3.67. The van der Waals surface area contributed by atoms with Gasteiger partial charge in [0, 0.05) is 13.2 Å². The van der Waals surface area contributed by atoms with Gasteiger partial charge in [0.1, 0.15) is 11.6 Å². The molecular formula is C15H24N2O3. The van der Waals surface area contributed by atoms with Gasteiger partial charge in [0.2, 0.25) is 11.8 Å². The molecule has 0 aromatic carbocycles. The number of rotatable bonds is 5. The largest absolute Gasteiger partial charge is 0.379 e. The fourth-order valence-electron chi connectivity index (χ4n) is 3.30. The molecule has 1 heterocycles. The van der Waals surface area contributed by atoms with Crippen LogP contribution in [-0.4, -0.2) is 48.1 Å². The van der Waals surface area contributed by atoms with Crippen LogP contribution in [0, 0.1) is 5.92 Å². The van der Waals surface area contributed by atoms with E-state index in [0.29, 0.717) is 13.2 Å². The van der Waals surface area contributed by atoms with Crippen molar-refractivity contribution in [2.45, 2.75) is 57.0 Å². The maximum Gasteiger partial charge on any atom is 0.249 e. The molecule has 20 heavy (non-hydrogen) atoms. The lowest BCUT2D eigenvalue weighted by atomic mass is 9.91. The van der Waals surface area contributed by atoms with E-state index >= 15 is 0 Å². The summed E-state index contributed by atoms with van der Waals surface area (Å²) in [5, 5.41) is 2.97. The number of hydrogen-bond acceptors (Lipinski definition) is 3. The number of nitrogens with zero attached hydrogens (tertiary/aromatic N) is 1. The van der Waals surface area contributed by atoms with Gasteiger partial charge in [0.25, 0.3) is 0 Å². The highest BCUT2D eigenvalue weighted by molar-refractivity contribution is 5.99. The third-order valence-corrected chi connectivity index (χ3v) is 4.86. The van der Waals surface area contributed by atoms with Gasteiger partial charge < -0.3 is 15.0 Å². The van der Waals surface area contributed by atoms with E-state index < -0.39 is 5.54 Å². The van der Waals surface area contributed by atoms with Crippen LogP contribution in [0.3, 0.4) is 0 Å². The van der Waals surface area contributed by atoms with Crippen molar-refractivity contribution in [2.75, 3.05) is 19.8 Å². The molecule has 3 fully saturated rings. The van der Waals surface area contributed by atoms with Gasteiger partial charge in [-0.05, 0) is 38.5 Å². The van der Waals surface area contributed by atoms with Crippen LogP contribution in [0.4, 0.5) is 0 Å². The Kier molecular flexibility index (Phi) is 3.71. The van der Waals surface area contributed by atoms with Crippen LogP contribution in [-0.2, 0) is 14.3 Å². The molecule has 2 amide bonds. The van der Waals surface area contributed by atoms with E-state index in [2.05, 4.69) is 5.32 Å². The molecule has 0 radical (unpaired) electrons. The minimum absolute atomic E-state index is 0.0197. The van der Waals surface area contributed by atoms with Crippen molar-refractivity contribution >= 4 is 11.8 Å². The van der Waals surface area contributed by atoms with Gasteiger partial charge in [-0.1, -0.05) is 12.8 Å². The summed E-state index contributed by atoms with van der Waals surface area (Å²) in [4.78, 5) is 26.5. The second-order valence-corrected chi connectivity index (χ2v) is 6.47. The molecule has 0 aromatic rings. The lowest BCUT2D eigenvalue weighted by Crippen LogP contribution is -2.69. The standard InChI is InChI=1S/C15H24N2O3/c1-11-13(18)16-15(6-2-3-7-15)14(19)17(11)8-9-20-10-12-4-5-12/h11-12H,2-10H2,1H3,(H,16,18). The topological polar surface area (TPSA) is 58.6 Å². The van der Waals surface area contributed by atoms with Gasteiger partial charge in [-0.25, -0.2) is 0 Å². The lowest BCUT2D eigenvalue weighted by Gasteiger charge is -2.43. The van der Waals surface area contributed by atoms with E-state index in [-0.39, 0.29) is 17.9 Å². The molecule has 2 aliphatic carbocycles. The molecule has 0 aromatic heterocycles. The Morgan fingerprint density at radius 3 is 2.65 bits per heavy atom. The first-order chi connectivity index (χ1) is 9.62. The van der Waals surface area contributed by atoms with Crippen LogP contribution in [0.1, 0.15) is 45.4 Å². The molecule has 1 atom stereocenters. The summed E-state index contributed by atoms with van der Waals surface area (Å²) in [6.07, 6.45) is 6.14. The fourth-order valence-corrected chi connectivity index (χ4v) is 3.30. The third kappa shape index (κ3) is 2.55. The Labute approximate surface area is 120 Å². The highest BCUT2D eigenvalue weighted by atomic mass is 16.5. The number of nitrogens with one attached hydrogen (secondary N) is 1. The monoisotopic (exact) mass is 280 g/mol. The predicted molar refractivity (Wildman–Crippen MR) is 74.1 cm³/mol. The highest BCUT2D eigenvalue weighted by Crippen LogP contribution is 2.34. The molecule has 1 N–H and O–H groups in total. The first-order valence-corrected chi connectivity index (χ1v) is 7.83. The molecule has 1 spiro atoms. The molecule has 2 saturated carbocycles. The number of carbonyl (C=O) groups excluding carboxylic acids is 2. The Bertz CT molecular complexity index is 400. The van der Waals surface area contributed by atoms with Gasteiger partial charge in [0.15, 0.2) is 0 Å². The second-order valence-electron chi connectivity index (χ2n) is 6.47. The van der Waals surface area contributed by atoms with Crippen molar-refractivity contribution in [3.63, 3.8) is 0 Å². The Morgan fingerprint density at radius 1 is 1.30 bits per heavy atom. The zero-order valence-electron chi connectivity index (χ0n) is 12.2. The predicted octanol–water partition coefficient (Wildman–Crippen LogP) is 1.07.